The Morgan fingerprint density at radius 3 is 2.46 bits per heavy atom. The zero-order chi connectivity index (χ0) is 18.6. The van der Waals surface area contributed by atoms with Gasteiger partial charge in [0, 0.05) is 23.9 Å². The molecule has 0 aliphatic heterocycles. The Bertz CT molecular complexity index is 966. The maximum atomic E-state index is 13.0. The summed E-state index contributed by atoms with van der Waals surface area (Å²) in [5.41, 5.74) is 3.52. The second kappa shape index (κ2) is 8.07. The van der Waals surface area contributed by atoms with Crippen molar-refractivity contribution in [1.29, 1.82) is 0 Å². The van der Waals surface area contributed by atoms with Crippen molar-refractivity contribution in [3.05, 3.63) is 76.5 Å². The molecule has 4 nitrogen and oxygen atoms in total. The van der Waals surface area contributed by atoms with E-state index in [1.165, 1.54) is 23.5 Å². The normalized spacial score (nSPS) is 11.6. The van der Waals surface area contributed by atoms with Crippen LogP contribution in [0.15, 0.2) is 53.9 Å². The van der Waals surface area contributed by atoms with E-state index >= 15 is 0 Å². The van der Waals surface area contributed by atoms with Crippen molar-refractivity contribution >= 4 is 21.4 Å². The van der Waals surface area contributed by atoms with Gasteiger partial charge in [0.1, 0.15) is 10.8 Å². The monoisotopic (exact) mass is 390 g/mol. The van der Waals surface area contributed by atoms with Gasteiger partial charge in [0.05, 0.1) is 11.4 Å². The van der Waals surface area contributed by atoms with Gasteiger partial charge in [0.25, 0.3) is 0 Å². The standard InChI is InChI=1S/C19H19FN2O2S2/c1-14-2-4-15(5-3-14)13-26(23,24)21-11-10-18-12-25-19(22-18)16-6-8-17(20)9-7-16/h2-9,12,21H,10-11,13H2,1H3. The van der Waals surface area contributed by atoms with Gasteiger partial charge in [-0.1, -0.05) is 29.8 Å². The van der Waals surface area contributed by atoms with Gasteiger partial charge in [0.15, 0.2) is 0 Å². The minimum absolute atomic E-state index is 0.0365. The second-order valence-corrected chi connectivity index (χ2v) is 8.70. The van der Waals surface area contributed by atoms with Gasteiger partial charge in [-0.25, -0.2) is 22.5 Å². The highest BCUT2D eigenvalue weighted by atomic mass is 32.2. The quantitative estimate of drug-likeness (QED) is 0.665. The fraction of sp³-hybridized carbons (Fsp3) is 0.211. The number of benzene rings is 2. The summed E-state index contributed by atoms with van der Waals surface area (Å²) in [5.74, 6) is -0.320. The minimum atomic E-state index is -3.38. The molecule has 136 valence electrons. The van der Waals surface area contributed by atoms with Crippen molar-refractivity contribution in [2.24, 2.45) is 0 Å². The zero-order valence-electron chi connectivity index (χ0n) is 14.3. The molecule has 0 bridgehead atoms. The van der Waals surface area contributed by atoms with Crippen LogP contribution in [0.25, 0.3) is 10.6 Å². The molecule has 3 aromatic rings. The van der Waals surface area contributed by atoms with Gasteiger partial charge in [-0.15, -0.1) is 11.3 Å². The van der Waals surface area contributed by atoms with Crippen LogP contribution in [0.4, 0.5) is 4.39 Å². The number of hydrogen-bond acceptors (Lipinski definition) is 4. The van der Waals surface area contributed by atoms with Crippen LogP contribution < -0.4 is 4.72 Å². The molecule has 7 heteroatoms. The number of sulfonamides is 1. The van der Waals surface area contributed by atoms with Crippen LogP contribution >= 0.6 is 11.3 Å². The predicted molar refractivity (Wildman–Crippen MR) is 103 cm³/mol. The summed E-state index contributed by atoms with van der Waals surface area (Å²) in [5, 5.41) is 2.69. The Labute approximate surface area is 156 Å². The summed E-state index contributed by atoms with van der Waals surface area (Å²) < 4.78 is 39.9. The Hall–Kier alpha value is -2.09. The van der Waals surface area contributed by atoms with E-state index < -0.39 is 10.0 Å². The maximum Gasteiger partial charge on any atom is 0.215 e. The topological polar surface area (TPSA) is 59.1 Å². The number of nitrogens with zero attached hydrogens (tertiary/aromatic N) is 1. The third-order valence-corrected chi connectivity index (χ3v) is 6.12. The molecule has 0 amide bonds. The van der Waals surface area contributed by atoms with Crippen LogP contribution in [0, 0.1) is 12.7 Å². The van der Waals surface area contributed by atoms with Gasteiger partial charge in [-0.3, -0.25) is 0 Å². The molecular formula is C19H19FN2O2S2. The third-order valence-electron chi connectivity index (χ3n) is 3.82. The predicted octanol–water partition coefficient (Wildman–Crippen LogP) is 3.92. The van der Waals surface area contributed by atoms with E-state index in [9.17, 15) is 12.8 Å². The van der Waals surface area contributed by atoms with E-state index in [0.717, 1.165) is 27.4 Å². The van der Waals surface area contributed by atoms with Crippen molar-refractivity contribution in [2.45, 2.75) is 19.1 Å². The molecular weight excluding hydrogens is 371 g/mol. The SMILES string of the molecule is Cc1ccc(CS(=O)(=O)NCCc2csc(-c3ccc(F)cc3)n2)cc1. The van der Waals surface area contributed by atoms with Crippen molar-refractivity contribution in [3.63, 3.8) is 0 Å². The molecule has 0 saturated carbocycles. The summed E-state index contributed by atoms with van der Waals surface area (Å²) in [4.78, 5) is 4.48. The van der Waals surface area contributed by atoms with Gasteiger partial charge in [0.2, 0.25) is 10.0 Å². The van der Waals surface area contributed by atoms with Crippen LogP contribution in [0.2, 0.25) is 0 Å². The lowest BCUT2D eigenvalue weighted by molar-refractivity contribution is 0.580. The first kappa shape index (κ1) is 18.7. The van der Waals surface area contributed by atoms with Crippen molar-refractivity contribution in [1.82, 2.24) is 9.71 Å². The summed E-state index contributed by atoms with van der Waals surface area (Å²) in [6.07, 6.45) is 0.505. The average molecular weight is 391 g/mol. The third kappa shape index (κ3) is 5.20. The van der Waals surface area contributed by atoms with Crippen LogP contribution in [-0.2, 0) is 22.2 Å². The molecule has 0 unspecified atom stereocenters. The van der Waals surface area contributed by atoms with Crippen LogP contribution in [0.5, 0.6) is 0 Å². The first-order chi connectivity index (χ1) is 12.4. The lowest BCUT2D eigenvalue weighted by Gasteiger charge is -2.06. The molecule has 0 atom stereocenters. The molecule has 0 saturated heterocycles. The van der Waals surface area contributed by atoms with E-state index in [4.69, 9.17) is 0 Å². The van der Waals surface area contributed by atoms with Gasteiger partial charge >= 0.3 is 0 Å². The highest BCUT2D eigenvalue weighted by Gasteiger charge is 2.12. The van der Waals surface area contributed by atoms with E-state index in [0.29, 0.717) is 13.0 Å². The fourth-order valence-corrected chi connectivity index (χ4v) is 4.44. The van der Waals surface area contributed by atoms with E-state index in [1.807, 2.05) is 36.6 Å². The molecule has 0 aliphatic rings. The molecule has 1 N–H and O–H groups in total. The highest BCUT2D eigenvalue weighted by molar-refractivity contribution is 7.88. The smallest absolute Gasteiger partial charge is 0.215 e. The number of rotatable bonds is 7. The Morgan fingerprint density at radius 1 is 1.08 bits per heavy atom. The molecule has 1 aromatic heterocycles. The molecule has 0 radical (unpaired) electrons. The molecule has 0 fully saturated rings. The maximum absolute atomic E-state index is 13.0. The summed E-state index contributed by atoms with van der Waals surface area (Å²) in [7, 11) is -3.38. The lowest BCUT2D eigenvalue weighted by Crippen LogP contribution is -2.27. The van der Waals surface area contributed by atoms with Gasteiger partial charge in [-0.05, 0) is 36.8 Å². The van der Waals surface area contributed by atoms with E-state index in [1.54, 1.807) is 12.1 Å². The van der Waals surface area contributed by atoms with Crippen molar-refractivity contribution in [2.75, 3.05) is 6.54 Å². The number of aryl methyl sites for hydroxylation is 1. The van der Waals surface area contributed by atoms with Crippen molar-refractivity contribution in [3.8, 4) is 10.6 Å². The minimum Gasteiger partial charge on any atom is -0.241 e. The summed E-state index contributed by atoms with van der Waals surface area (Å²) in [6, 6.07) is 13.6. The molecule has 3 rings (SSSR count). The number of halogens is 1. The van der Waals surface area contributed by atoms with E-state index in [-0.39, 0.29) is 11.6 Å². The number of nitrogens with one attached hydrogen (secondary N) is 1. The van der Waals surface area contributed by atoms with Crippen LogP contribution in [0.1, 0.15) is 16.8 Å². The van der Waals surface area contributed by atoms with Gasteiger partial charge < -0.3 is 0 Å². The Balaban J connectivity index is 1.54. The molecule has 0 spiro atoms. The highest BCUT2D eigenvalue weighted by Crippen LogP contribution is 2.24. The van der Waals surface area contributed by atoms with Crippen LogP contribution in [-0.4, -0.2) is 19.9 Å². The first-order valence-corrected chi connectivity index (χ1v) is 10.7. The molecule has 1 heterocycles. The zero-order valence-corrected chi connectivity index (χ0v) is 15.9. The Kier molecular flexibility index (Phi) is 5.80. The number of thiazole rings is 1. The first-order valence-electron chi connectivity index (χ1n) is 8.14. The van der Waals surface area contributed by atoms with E-state index in [2.05, 4.69) is 9.71 Å². The fourth-order valence-electron chi connectivity index (χ4n) is 2.44. The second-order valence-electron chi connectivity index (χ2n) is 6.04. The summed E-state index contributed by atoms with van der Waals surface area (Å²) >= 11 is 1.46. The van der Waals surface area contributed by atoms with Crippen molar-refractivity contribution < 1.29 is 12.8 Å². The largest absolute Gasteiger partial charge is 0.241 e. The van der Waals surface area contributed by atoms with Crippen LogP contribution in [0.3, 0.4) is 0 Å². The average Bonchev–Trinajstić information content (AvgIpc) is 3.06. The summed E-state index contributed by atoms with van der Waals surface area (Å²) in [6.45, 7) is 2.26. The number of aromatic nitrogens is 1. The van der Waals surface area contributed by atoms with Gasteiger partial charge in [-0.2, -0.15) is 0 Å². The lowest BCUT2D eigenvalue weighted by atomic mass is 10.2. The molecule has 26 heavy (non-hydrogen) atoms. The molecule has 0 aliphatic carbocycles. The Morgan fingerprint density at radius 2 is 1.77 bits per heavy atom. The number of hydrogen-bond donors (Lipinski definition) is 1. The molecule has 2 aromatic carbocycles.